The second-order valence-corrected chi connectivity index (χ2v) is 4.61. The summed E-state index contributed by atoms with van der Waals surface area (Å²) in [5.41, 5.74) is 7.64. The number of oxime groups is 1. The fourth-order valence-corrected chi connectivity index (χ4v) is 1.80. The lowest BCUT2D eigenvalue weighted by Crippen LogP contribution is -2.24. The molecule has 1 aromatic carbocycles. The Bertz CT molecular complexity index is 393. The highest BCUT2D eigenvalue weighted by atomic mass is 79.9. The quantitative estimate of drug-likeness (QED) is 0.345. The van der Waals surface area contributed by atoms with Crippen molar-refractivity contribution in [2.24, 2.45) is 10.9 Å². The Morgan fingerprint density at radius 2 is 2.31 bits per heavy atom. The Kier molecular flexibility index (Phi) is 4.61. The molecular formula is C11H16BrN3O. The molecule has 88 valence electrons. The van der Waals surface area contributed by atoms with E-state index in [9.17, 15) is 0 Å². The first-order chi connectivity index (χ1) is 7.54. The molecule has 0 saturated heterocycles. The zero-order chi connectivity index (χ0) is 12.1. The predicted octanol–water partition coefficient (Wildman–Crippen LogP) is 2.69. The Labute approximate surface area is 104 Å². The third-order valence-electron chi connectivity index (χ3n) is 2.31. The second kappa shape index (κ2) is 5.75. The van der Waals surface area contributed by atoms with Gasteiger partial charge in [-0.1, -0.05) is 27.2 Å². The molecule has 0 saturated carbocycles. The standard InChI is InChI=1S/C11H16BrN3O/c1-7(6-11(13)15-16)14-10-5-3-4-9(12)8(10)2/h3-5,7,14,16H,6H2,1-2H3,(H2,13,15). The van der Waals surface area contributed by atoms with E-state index < -0.39 is 0 Å². The first-order valence-corrected chi connectivity index (χ1v) is 5.82. The van der Waals surface area contributed by atoms with Crippen molar-refractivity contribution in [1.29, 1.82) is 0 Å². The van der Waals surface area contributed by atoms with Crippen molar-refractivity contribution in [3.05, 3.63) is 28.2 Å². The summed E-state index contributed by atoms with van der Waals surface area (Å²) in [6.45, 7) is 4.01. The second-order valence-electron chi connectivity index (χ2n) is 3.75. The van der Waals surface area contributed by atoms with Crippen LogP contribution in [0.2, 0.25) is 0 Å². The van der Waals surface area contributed by atoms with Crippen LogP contribution in [0.25, 0.3) is 0 Å². The highest BCUT2D eigenvalue weighted by Gasteiger charge is 2.07. The maximum absolute atomic E-state index is 8.48. The highest BCUT2D eigenvalue weighted by molar-refractivity contribution is 9.10. The van der Waals surface area contributed by atoms with Gasteiger partial charge in [-0.05, 0) is 31.5 Å². The van der Waals surface area contributed by atoms with Crippen LogP contribution in [0.3, 0.4) is 0 Å². The minimum atomic E-state index is 0.115. The van der Waals surface area contributed by atoms with Gasteiger partial charge in [0.25, 0.3) is 0 Å². The van der Waals surface area contributed by atoms with E-state index in [4.69, 9.17) is 10.9 Å². The van der Waals surface area contributed by atoms with Crippen LogP contribution in [0.4, 0.5) is 5.69 Å². The van der Waals surface area contributed by atoms with Crippen molar-refractivity contribution >= 4 is 27.5 Å². The van der Waals surface area contributed by atoms with Gasteiger partial charge in [0.15, 0.2) is 0 Å². The zero-order valence-corrected chi connectivity index (χ0v) is 11.0. The third-order valence-corrected chi connectivity index (χ3v) is 3.17. The van der Waals surface area contributed by atoms with E-state index in [2.05, 4.69) is 26.4 Å². The summed E-state index contributed by atoms with van der Waals surface area (Å²) in [6.07, 6.45) is 0.502. The average Bonchev–Trinajstić information content (AvgIpc) is 2.24. The van der Waals surface area contributed by atoms with E-state index in [1.807, 2.05) is 32.0 Å². The van der Waals surface area contributed by atoms with Gasteiger partial charge in [-0.3, -0.25) is 0 Å². The number of anilines is 1. The Hall–Kier alpha value is -1.23. The first-order valence-electron chi connectivity index (χ1n) is 5.02. The van der Waals surface area contributed by atoms with E-state index in [0.717, 1.165) is 15.7 Å². The topological polar surface area (TPSA) is 70.6 Å². The number of hydrogen-bond donors (Lipinski definition) is 3. The van der Waals surface area contributed by atoms with E-state index in [0.29, 0.717) is 6.42 Å². The van der Waals surface area contributed by atoms with E-state index in [-0.39, 0.29) is 11.9 Å². The molecule has 0 aliphatic rings. The number of nitrogens with one attached hydrogen (secondary N) is 1. The lowest BCUT2D eigenvalue weighted by atomic mass is 10.1. The van der Waals surface area contributed by atoms with Crippen molar-refractivity contribution in [1.82, 2.24) is 0 Å². The maximum Gasteiger partial charge on any atom is 0.141 e. The largest absolute Gasteiger partial charge is 0.409 e. The van der Waals surface area contributed by atoms with Gasteiger partial charge in [-0.2, -0.15) is 0 Å². The summed E-state index contributed by atoms with van der Waals surface area (Å²) in [5.74, 6) is 0.229. The summed E-state index contributed by atoms with van der Waals surface area (Å²) in [5, 5.41) is 14.7. The molecule has 16 heavy (non-hydrogen) atoms. The molecule has 0 spiro atoms. The molecule has 1 atom stereocenters. The van der Waals surface area contributed by atoms with Gasteiger partial charge < -0.3 is 16.3 Å². The smallest absolute Gasteiger partial charge is 0.141 e. The van der Waals surface area contributed by atoms with E-state index >= 15 is 0 Å². The van der Waals surface area contributed by atoms with Gasteiger partial charge >= 0.3 is 0 Å². The van der Waals surface area contributed by atoms with Gasteiger partial charge in [-0.15, -0.1) is 0 Å². The molecule has 0 heterocycles. The van der Waals surface area contributed by atoms with Crippen LogP contribution >= 0.6 is 15.9 Å². The fourth-order valence-electron chi connectivity index (χ4n) is 1.43. The Balaban J connectivity index is 2.70. The number of hydrogen-bond acceptors (Lipinski definition) is 3. The minimum absolute atomic E-state index is 0.115. The van der Waals surface area contributed by atoms with Gasteiger partial charge in [-0.25, -0.2) is 0 Å². The molecular weight excluding hydrogens is 270 g/mol. The summed E-state index contributed by atoms with van der Waals surface area (Å²) in [7, 11) is 0. The SMILES string of the molecule is Cc1c(Br)cccc1NC(C)C/C(N)=N/O. The predicted molar refractivity (Wildman–Crippen MR) is 70.0 cm³/mol. The molecule has 1 unspecified atom stereocenters. The van der Waals surface area contributed by atoms with Crippen molar-refractivity contribution in [2.45, 2.75) is 26.3 Å². The molecule has 0 aliphatic heterocycles. The molecule has 4 N–H and O–H groups in total. The number of benzene rings is 1. The van der Waals surface area contributed by atoms with Crippen molar-refractivity contribution < 1.29 is 5.21 Å². The third kappa shape index (κ3) is 3.41. The van der Waals surface area contributed by atoms with Crippen LogP contribution in [0.15, 0.2) is 27.8 Å². The molecule has 0 fully saturated rings. The molecule has 4 nitrogen and oxygen atoms in total. The first kappa shape index (κ1) is 12.8. The molecule has 0 radical (unpaired) electrons. The summed E-state index contributed by atoms with van der Waals surface area (Å²) in [4.78, 5) is 0. The van der Waals surface area contributed by atoms with E-state index in [1.54, 1.807) is 0 Å². The molecule has 5 heteroatoms. The molecule has 0 aromatic heterocycles. The van der Waals surface area contributed by atoms with Crippen molar-refractivity contribution in [3.8, 4) is 0 Å². The lowest BCUT2D eigenvalue weighted by molar-refractivity contribution is 0.316. The van der Waals surface area contributed by atoms with Crippen LogP contribution in [0.1, 0.15) is 18.9 Å². The average molecular weight is 286 g/mol. The fraction of sp³-hybridized carbons (Fsp3) is 0.364. The molecule has 0 bridgehead atoms. The van der Waals surface area contributed by atoms with Crippen LogP contribution in [0.5, 0.6) is 0 Å². The van der Waals surface area contributed by atoms with Crippen LogP contribution in [-0.4, -0.2) is 17.1 Å². The van der Waals surface area contributed by atoms with E-state index in [1.165, 1.54) is 0 Å². The summed E-state index contributed by atoms with van der Waals surface area (Å²) < 4.78 is 1.06. The number of halogens is 1. The van der Waals surface area contributed by atoms with Crippen LogP contribution in [0, 0.1) is 6.92 Å². The van der Waals surface area contributed by atoms with Gasteiger partial charge in [0, 0.05) is 22.6 Å². The highest BCUT2D eigenvalue weighted by Crippen LogP contribution is 2.24. The van der Waals surface area contributed by atoms with Gasteiger partial charge in [0.1, 0.15) is 5.84 Å². The normalized spacial score (nSPS) is 13.6. The van der Waals surface area contributed by atoms with Crippen LogP contribution < -0.4 is 11.1 Å². The molecule has 1 rings (SSSR count). The molecule has 0 aliphatic carbocycles. The monoisotopic (exact) mass is 285 g/mol. The minimum Gasteiger partial charge on any atom is -0.409 e. The van der Waals surface area contributed by atoms with Gasteiger partial charge in [0.05, 0.1) is 0 Å². The van der Waals surface area contributed by atoms with Crippen LogP contribution in [-0.2, 0) is 0 Å². The number of amidine groups is 1. The Morgan fingerprint density at radius 3 is 2.94 bits per heavy atom. The number of nitrogens with zero attached hydrogens (tertiary/aromatic N) is 1. The summed E-state index contributed by atoms with van der Waals surface area (Å²) in [6, 6.07) is 6.08. The maximum atomic E-state index is 8.48. The van der Waals surface area contributed by atoms with Gasteiger partial charge in [0.2, 0.25) is 0 Å². The summed E-state index contributed by atoms with van der Waals surface area (Å²) >= 11 is 3.47. The molecule has 0 amide bonds. The number of rotatable bonds is 4. The molecule has 1 aromatic rings. The van der Waals surface area contributed by atoms with Crippen molar-refractivity contribution in [3.63, 3.8) is 0 Å². The van der Waals surface area contributed by atoms with Crippen molar-refractivity contribution in [2.75, 3.05) is 5.32 Å². The Morgan fingerprint density at radius 1 is 1.62 bits per heavy atom. The lowest BCUT2D eigenvalue weighted by Gasteiger charge is -2.16. The number of nitrogens with two attached hydrogens (primary N) is 1. The zero-order valence-electron chi connectivity index (χ0n) is 9.37.